The van der Waals surface area contributed by atoms with Crippen LogP contribution in [0.25, 0.3) is 0 Å². The molecule has 1 aliphatic carbocycles. The third kappa shape index (κ3) is 4.06. The number of hydrogen-bond acceptors (Lipinski definition) is 3. The van der Waals surface area contributed by atoms with Gasteiger partial charge in [-0.25, -0.2) is 0 Å². The third-order valence-electron chi connectivity index (χ3n) is 3.11. The second-order valence-electron chi connectivity index (χ2n) is 4.74. The van der Waals surface area contributed by atoms with Crippen molar-refractivity contribution in [3.05, 3.63) is 35.9 Å². The van der Waals surface area contributed by atoms with Crippen molar-refractivity contribution >= 4 is 11.8 Å². The molecule has 0 aromatic heterocycles. The summed E-state index contributed by atoms with van der Waals surface area (Å²) in [5.74, 6) is 0.0516. The Kier molecular flexibility index (Phi) is 4.52. The molecule has 0 spiro atoms. The van der Waals surface area contributed by atoms with Gasteiger partial charge in [0.15, 0.2) is 0 Å². The molecule has 102 valence electrons. The molecule has 0 bridgehead atoms. The van der Waals surface area contributed by atoms with Crippen LogP contribution >= 0.6 is 0 Å². The SMILES string of the molecule is NC(C(=O)NCCNC(=O)C1CC1)c1ccccc1. The first-order chi connectivity index (χ1) is 9.18. The monoisotopic (exact) mass is 261 g/mol. The minimum atomic E-state index is -0.666. The Morgan fingerprint density at radius 1 is 1.16 bits per heavy atom. The lowest BCUT2D eigenvalue weighted by Crippen LogP contribution is -2.39. The molecular formula is C14H19N3O2. The maximum absolute atomic E-state index is 11.8. The van der Waals surface area contributed by atoms with Crippen LogP contribution in [0.15, 0.2) is 30.3 Å². The van der Waals surface area contributed by atoms with Crippen LogP contribution in [0.3, 0.4) is 0 Å². The molecule has 1 aromatic carbocycles. The molecule has 0 saturated heterocycles. The fraction of sp³-hybridized carbons (Fsp3) is 0.429. The van der Waals surface area contributed by atoms with Crippen LogP contribution in [0.5, 0.6) is 0 Å². The number of carbonyl (C=O) groups is 2. The van der Waals surface area contributed by atoms with Gasteiger partial charge in [0.05, 0.1) is 0 Å². The Morgan fingerprint density at radius 3 is 2.42 bits per heavy atom. The number of benzene rings is 1. The number of nitrogens with two attached hydrogens (primary N) is 1. The molecule has 19 heavy (non-hydrogen) atoms. The van der Waals surface area contributed by atoms with Gasteiger partial charge in [-0.2, -0.15) is 0 Å². The standard InChI is InChI=1S/C14H19N3O2/c15-12(10-4-2-1-3-5-10)14(19)17-9-8-16-13(18)11-6-7-11/h1-5,11-12H,6-9,15H2,(H,16,18)(H,17,19). The molecule has 5 heteroatoms. The highest BCUT2D eigenvalue weighted by molar-refractivity contribution is 5.83. The molecular weight excluding hydrogens is 242 g/mol. The third-order valence-corrected chi connectivity index (χ3v) is 3.11. The Balaban J connectivity index is 1.67. The smallest absolute Gasteiger partial charge is 0.241 e. The topological polar surface area (TPSA) is 84.2 Å². The van der Waals surface area contributed by atoms with Gasteiger partial charge in [0.2, 0.25) is 11.8 Å². The van der Waals surface area contributed by atoms with Gasteiger partial charge in [0.25, 0.3) is 0 Å². The first-order valence-corrected chi connectivity index (χ1v) is 6.54. The van der Waals surface area contributed by atoms with Crippen molar-refractivity contribution < 1.29 is 9.59 Å². The van der Waals surface area contributed by atoms with Crippen LogP contribution in [0, 0.1) is 5.92 Å². The summed E-state index contributed by atoms with van der Waals surface area (Å²) in [6.07, 6.45) is 1.97. The van der Waals surface area contributed by atoms with E-state index in [-0.39, 0.29) is 17.7 Å². The van der Waals surface area contributed by atoms with Crippen LogP contribution in [0.4, 0.5) is 0 Å². The largest absolute Gasteiger partial charge is 0.354 e. The number of rotatable bonds is 6. The van der Waals surface area contributed by atoms with E-state index in [1.807, 2.05) is 30.3 Å². The lowest BCUT2D eigenvalue weighted by molar-refractivity contribution is -0.124. The molecule has 1 atom stereocenters. The fourth-order valence-electron chi connectivity index (χ4n) is 1.78. The van der Waals surface area contributed by atoms with Gasteiger partial charge in [0.1, 0.15) is 6.04 Å². The number of amides is 2. The molecule has 5 nitrogen and oxygen atoms in total. The van der Waals surface area contributed by atoms with E-state index in [2.05, 4.69) is 10.6 Å². The zero-order chi connectivity index (χ0) is 13.7. The summed E-state index contributed by atoms with van der Waals surface area (Å²) >= 11 is 0. The molecule has 2 amide bonds. The summed E-state index contributed by atoms with van der Waals surface area (Å²) in [5, 5.41) is 5.50. The average Bonchev–Trinajstić information content (AvgIpc) is 3.27. The summed E-state index contributed by atoms with van der Waals surface area (Å²) in [7, 11) is 0. The van der Waals surface area contributed by atoms with Crippen molar-refractivity contribution in [1.82, 2.24) is 10.6 Å². The van der Waals surface area contributed by atoms with E-state index in [0.29, 0.717) is 13.1 Å². The zero-order valence-electron chi connectivity index (χ0n) is 10.8. The van der Waals surface area contributed by atoms with Crippen LogP contribution in [-0.4, -0.2) is 24.9 Å². The van der Waals surface area contributed by atoms with Crippen molar-refractivity contribution in [1.29, 1.82) is 0 Å². The van der Waals surface area contributed by atoms with E-state index in [1.54, 1.807) is 0 Å². The van der Waals surface area contributed by atoms with E-state index in [0.717, 1.165) is 18.4 Å². The quantitative estimate of drug-likeness (QED) is 0.645. The van der Waals surface area contributed by atoms with E-state index in [1.165, 1.54) is 0 Å². The maximum atomic E-state index is 11.8. The first kappa shape index (κ1) is 13.5. The van der Waals surface area contributed by atoms with Crippen molar-refractivity contribution in [2.45, 2.75) is 18.9 Å². The van der Waals surface area contributed by atoms with E-state index in [9.17, 15) is 9.59 Å². The number of carbonyl (C=O) groups excluding carboxylic acids is 2. The molecule has 1 unspecified atom stereocenters. The van der Waals surface area contributed by atoms with Gasteiger partial charge in [-0.05, 0) is 18.4 Å². The number of hydrogen-bond donors (Lipinski definition) is 3. The Morgan fingerprint density at radius 2 is 1.79 bits per heavy atom. The summed E-state index contributed by atoms with van der Waals surface area (Å²) in [5.41, 5.74) is 6.62. The van der Waals surface area contributed by atoms with Crippen LogP contribution in [-0.2, 0) is 9.59 Å². The second-order valence-corrected chi connectivity index (χ2v) is 4.74. The summed E-state index contributed by atoms with van der Waals surface area (Å²) in [4.78, 5) is 23.1. The van der Waals surface area contributed by atoms with Gasteiger partial charge < -0.3 is 16.4 Å². The van der Waals surface area contributed by atoms with Crippen molar-refractivity contribution in [3.63, 3.8) is 0 Å². The average molecular weight is 261 g/mol. The van der Waals surface area contributed by atoms with E-state index in [4.69, 9.17) is 5.73 Å². The number of nitrogens with one attached hydrogen (secondary N) is 2. The highest BCUT2D eigenvalue weighted by atomic mass is 16.2. The van der Waals surface area contributed by atoms with Gasteiger partial charge in [-0.15, -0.1) is 0 Å². The molecule has 1 aliphatic rings. The molecule has 0 heterocycles. The lowest BCUT2D eigenvalue weighted by Gasteiger charge is -2.12. The van der Waals surface area contributed by atoms with Gasteiger partial charge in [-0.1, -0.05) is 30.3 Å². The van der Waals surface area contributed by atoms with Crippen LogP contribution in [0.2, 0.25) is 0 Å². The normalized spacial score (nSPS) is 15.6. The predicted molar refractivity (Wildman–Crippen MR) is 72.1 cm³/mol. The Bertz CT molecular complexity index is 443. The van der Waals surface area contributed by atoms with Crippen molar-refractivity contribution in [3.8, 4) is 0 Å². The fourth-order valence-corrected chi connectivity index (χ4v) is 1.78. The van der Waals surface area contributed by atoms with Crippen LogP contribution < -0.4 is 16.4 Å². The van der Waals surface area contributed by atoms with Gasteiger partial charge >= 0.3 is 0 Å². The molecule has 0 radical (unpaired) electrons. The van der Waals surface area contributed by atoms with Crippen molar-refractivity contribution in [2.24, 2.45) is 11.7 Å². The molecule has 1 saturated carbocycles. The van der Waals surface area contributed by atoms with Crippen LogP contribution in [0.1, 0.15) is 24.4 Å². The highest BCUT2D eigenvalue weighted by Crippen LogP contribution is 2.28. The second kappa shape index (κ2) is 6.33. The Hall–Kier alpha value is -1.88. The summed E-state index contributed by atoms with van der Waals surface area (Å²) < 4.78 is 0. The van der Waals surface area contributed by atoms with Crippen molar-refractivity contribution in [2.75, 3.05) is 13.1 Å². The minimum absolute atomic E-state index is 0.0848. The minimum Gasteiger partial charge on any atom is -0.354 e. The predicted octanol–water partition coefficient (Wildman–Crippen LogP) is 0.329. The Labute approximate surface area is 112 Å². The first-order valence-electron chi connectivity index (χ1n) is 6.54. The molecule has 2 rings (SSSR count). The molecule has 0 aliphatic heterocycles. The van der Waals surface area contributed by atoms with E-state index < -0.39 is 6.04 Å². The van der Waals surface area contributed by atoms with Gasteiger partial charge in [-0.3, -0.25) is 9.59 Å². The summed E-state index contributed by atoms with van der Waals surface area (Å²) in [6.45, 7) is 0.848. The summed E-state index contributed by atoms with van der Waals surface area (Å²) in [6, 6.07) is 8.54. The molecule has 1 fully saturated rings. The lowest BCUT2D eigenvalue weighted by atomic mass is 10.1. The maximum Gasteiger partial charge on any atom is 0.241 e. The zero-order valence-corrected chi connectivity index (χ0v) is 10.8. The van der Waals surface area contributed by atoms with E-state index >= 15 is 0 Å². The van der Waals surface area contributed by atoms with Gasteiger partial charge in [0, 0.05) is 19.0 Å². The molecule has 4 N–H and O–H groups in total. The highest BCUT2D eigenvalue weighted by Gasteiger charge is 2.29. The molecule has 1 aromatic rings.